The smallest absolute Gasteiger partial charge is 0.307 e. The number of benzene rings is 2. The van der Waals surface area contributed by atoms with Gasteiger partial charge in [-0.3, -0.25) is 15.1 Å². The highest BCUT2D eigenvalue weighted by atomic mass is 19.1. The van der Waals surface area contributed by atoms with Crippen LogP contribution < -0.4 is 4.74 Å². The van der Waals surface area contributed by atoms with Crippen molar-refractivity contribution in [3.8, 4) is 5.75 Å². The maximum absolute atomic E-state index is 13.9. The normalized spacial score (nSPS) is 16.5. The van der Waals surface area contributed by atoms with Gasteiger partial charge in [0.25, 0.3) is 0 Å². The van der Waals surface area contributed by atoms with Crippen LogP contribution in [0.15, 0.2) is 41.4 Å². The summed E-state index contributed by atoms with van der Waals surface area (Å²) in [5, 5.41) is 10.6. The molecule has 1 aliphatic heterocycles. The first-order valence-electron chi connectivity index (χ1n) is 6.89. The second kappa shape index (κ2) is 5.75. The van der Waals surface area contributed by atoms with Crippen molar-refractivity contribution in [3.63, 3.8) is 0 Å². The van der Waals surface area contributed by atoms with E-state index in [9.17, 15) is 18.9 Å². The van der Waals surface area contributed by atoms with E-state index in [0.29, 0.717) is 24.3 Å². The minimum absolute atomic E-state index is 0.368. The number of nitro groups is 1. The van der Waals surface area contributed by atoms with E-state index < -0.39 is 28.3 Å². The van der Waals surface area contributed by atoms with E-state index >= 15 is 0 Å². The number of rotatable bonds is 3. The van der Waals surface area contributed by atoms with Gasteiger partial charge in [-0.2, -0.15) is 4.39 Å². The Labute approximate surface area is 130 Å². The number of hydrogen-bond donors (Lipinski definition) is 0. The molecule has 7 heteroatoms. The van der Waals surface area contributed by atoms with Gasteiger partial charge in [0.1, 0.15) is 6.10 Å². The van der Waals surface area contributed by atoms with E-state index in [1.54, 1.807) is 6.92 Å². The third-order valence-corrected chi connectivity index (χ3v) is 3.63. The molecule has 2 aromatic rings. The molecule has 118 valence electrons. The van der Waals surface area contributed by atoms with Gasteiger partial charge < -0.3 is 4.74 Å². The summed E-state index contributed by atoms with van der Waals surface area (Å²) in [6, 6.07) is 8.69. The zero-order valence-corrected chi connectivity index (χ0v) is 12.1. The average Bonchev–Trinajstić information content (AvgIpc) is 2.51. The SMILES string of the molecule is CC1=Nc2ccccc2CC1Oc1cc(F)c([N+](=O)[O-])cc1F. The highest BCUT2D eigenvalue weighted by Crippen LogP contribution is 2.31. The first kappa shape index (κ1) is 15.1. The maximum Gasteiger partial charge on any atom is 0.307 e. The van der Waals surface area contributed by atoms with Gasteiger partial charge in [-0.1, -0.05) is 18.2 Å². The second-order valence-corrected chi connectivity index (χ2v) is 5.18. The van der Waals surface area contributed by atoms with Crippen LogP contribution in [0.5, 0.6) is 5.75 Å². The first-order valence-corrected chi connectivity index (χ1v) is 6.89. The molecule has 2 aromatic carbocycles. The van der Waals surface area contributed by atoms with Gasteiger partial charge in [-0.05, 0) is 18.6 Å². The Hall–Kier alpha value is -2.83. The average molecular weight is 318 g/mol. The molecule has 1 aliphatic rings. The van der Waals surface area contributed by atoms with Crippen molar-refractivity contribution in [2.24, 2.45) is 4.99 Å². The molecule has 0 amide bonds. The predicted molar refractivity (Wildman–Crippen MR) is 80.3 cm³/mol. The van der Waals surface area contributed by atoms with Crippen molar-refractivity contribution in [3.05, 3.63) is 63.7 Å². The Morgan fingerprint density at radius 3 is 2.74 bits per heavy atom. The van der Waals surface area contributed by atoms with Crippen LogP contribution in [0.2, 0.25) is 0 Å². The van der Waals surface area contributed by atoms with Crippen LogP contribution in [-0.4, -0.2) is 16.7 Å². The molecule has 3 rings (SSSR count). The third-order valence-electron chi connectivity index (χ3n) is 3.63. The lowest BCUT2D eigenvalue weighted by atomic mass is 9.99. The molecular weight excluding hydrogens is 306 g/mol. The summed E-state index contributed by atoms with van der Waals surface area (Å²) in [6.07, 6.45) is -0.0935. The molecule has 0 bridgehead atoms. The standard InChI is InChI=1S/C16H12F2N2O3/c1-9-15(6-10-4-2-3-5-13(10)19-9)23-16-8-11(17)14(20(21)22)7-12(16)18/h2-5,7-8,15H,6H2,1H3. The molecule has 0 N–H and O–H groups in total. The highest BCUT2D eigenvalue weighted by molar-refractivity contribution is 5.91. The van der Waals surface area contributed by atoms with Crippen LogP contribution in [0.25, 0.3) is 0 Å². The van der Waals surface area contributed by atoms with Crippen LogP contribution >= 0.6 is 0 Å². The molecule has 0 saturated heterocycles. The molecule has 0 radical (unpaired) electrons. The Bertz CT molecular complexity index is 821. The van der Waals surface area contributed by atoms with E-state index in [-0.39, 0.29) is 5.75 Å². The largest absolute Gasteiger partial charge is 0.481 e. The van der Waals surface area contributed by atoms with Crippen LogP contribution in [0.4, 0.5) is 20.2 Å². The molecule has 0 aromatic heterocycles. The fraction of sp³-hybridized carbons (Fsp3) is 0.188. The first-order chi connectivity index (χ1) is 11.0. The van der Waals surface area contributed by atoms with Gasteiger partial charge in [0.2, 0.25) is 5.82 Å². The minimum atomic E-state index is -1.14. The van der Waals surface area contributed by atoms with E-state index in [1.165, 1.54) is 0 Å². The van der Waals surface area contributed by atoms with Gasteiger partial charge >= 0.3 is 5.69 Å². The second-order valence-electron chi connectivity index (χ2n) is 5.18. The van der Waals surface area contributed by atoms with Gasteiger partial charge in [0, 0.05) is 12.5 Å². The topological polar surface area (TPSA) is 64.7 Å². The number of aliphatic imine (C=N–C) groups is 1. The van der Waals surface area contributed by atoms with E-state index in [4.69, 9.17) is 4.74 Å². The monoisotopic (exact) mass is 318 g/mol. The van der Waals surface area contributed by atoms with Gasteiger partial charge in [0.05, 0.1) is 22.4 Å². The van der Waals surface area contributed by atoms with Crippen LogP contribution in [0.1, 0.15) is 12.5 Å². The fourth-order valence-corrected chi connectivity index (χ4v) is 2.43. The summed E-state index contributed by atoms with van der Waals surface area (Å²) in [5.41, 5.74) is 1.46. The van der Waals surface area contributed by atoms with Crippen molar-refractivity contribution in [1.29, 1.82) is 0 Å². The number of hydrogen-bond acceptors (Lipinski definition) is 4. The Morgan fingerprint density at radius 2 is 2.00 bits per heavy atom. The highest BCUT2D eigenvalue weighted by Gasteiger charge is 2.25. The van der Waals surface area contributed by atoms with Crippen molar-refractivity contribution in [1.82, 2.24) is 0 Å². The molecule has 0 spiro atoms. The minimum Gasteiger partial charge on any atom is -0.481 e. The predicted octanol–water partition coefficient (Wildman–Crippen LogP) is 3.97. The lowest BCUT2D eigenvalue weighted by Crippen LogP contribution is -2.30. The summed E-state index contributed by atoms with van der Waals surface area (Å²) in [6.45, 7) is 1.74. The fourth-order valence-electron chi connectivity index (χ4n) is 2.43. The molecule has 23 heavy (non-hydrogen) atoms. The Morgan fingerprint density at radius 1 is 1.26 bits per heavy atom. The molecule has 0 fully saturated rings. The molecule has 1 unspecified atom stereocenters. The maximum atomic E-state index is 13.9. The number of nitrogens with zero attached hydrogens (tertiary/aromatic N) is 2. The zero-order chi connectivity index (χ0) is 16.6. The van der Waals surface area contributed by atoms with Gasteiger partial charge in [-0.15, -0.1) is 0 Å². The van der Waals surface area contributed by atoms with Crippen LogP contribution in [-0.2, 0) is 6.42 Å². The molecular formula is C16H12F2N2O3. The zero-order valence-electron chi connectivity index (χ0n) is 12.1. The van der Waals surface area contributed by atoms with E-state index in [0.717, 1.165) is 11.3 Å². The lowest BCUT2D eigenvalue weighted by Gasteiger charge is -2.24. The van der Waals surface area contributed by atoms with Crippen LogP contribution in [0, 0.1) is 21.7 Å². The van der Waals surface area contributed by atoms with Crippen molar-refractivity contribution < 1.29 is 18.4 Å². The number of halogens is 2. The van der Waals surface area contributed by atoms with Gasteiger partial charge in [-0.25, -0.2) is 4.39 Å². The number of ether oxygens (including phenoxy) is 1. The number of para-hydroxylation sites is 1. The molecule has 0 aliphatic carbocycles. The van der Waals surface area contributed by atoms with E-state index in [2.05, 4.69) is 4.99 Å². The summed E-state index contributed by atoms with van der Waals surface area (Å²) >= 11 is 0. The lowest BCUT2D eigenvalue weighted by molar-refractivity contribution is -0.387. The van der Waals surface area contributed by atoms with Crippen molar-refractivity contribution >= 4 is 17.1 Å². The molecule has 1 atom stereocenters. The molecule has 0 saturated carbocycles. The summed E-state index contributed by atoms with van der Waals surface area (Å²) in [5.74, 6) is -2.49. The quantitative estimate of drug-likeness (QED) is 0.635. The summed E-state index contributed by atoms with van der Waals surface area (Å²) in [4.78, 5) is 14.0. The van der Waals surface area contributed by atoms with Crippen LogP contribution in [0.3, 0.4) is 0 Å². The Balaban J connectivity index is 1.89. The van der Waals surface area contributed by atoms with Crippen molar-refractivity contribution in [2.75, 3.05) is 0 Å². The number of fused-ring (bicyclic) bond motifs is 1. The summed E-state index contributed by atoms with van der Waals surface area (Å²) < 4.78 is 33.1. The molecule has 1 heterocycles. The van der Waals surface area contributed by atoms with E-state index in [1.807, 2.05) is 24.3 Å². The van der Waals surface area contributed by atoms with Crippen molar-refractivity contribution in [2.45, 2.75) is 19.4 Å². The van der Waals surface area contributed by atoms with Gasteiger partial charge in [0.15, 0.2) is 11.6 Å². The summed E-state index contributed by atoms with van der Waals surface area (Å²) in [7, 11) is 0. The third kappa shape index (κ3) is 2.90. The Kier molecular flexibility index (Phi) is 3.77. The number of nitro benzene ring substituents is 1. The molecule has 5 nitrogen and oxygen atoms in total.